The van der Waals surface area contributed by atoms with Crippen molar-refractivity contribution in [3.05, 3.63) is 11.6 Å². The summed E-state index contributed by atoms with van der Waals surface area (Å²) in [6.45, 7) is 3.22. The van der Waals surface area contributed by atoms with E-state index < -0.39 is 96.2 Å². The maximum atomic E-state index is 13.2. The smallest absolute Gasteiger partial charge is 0.331 e. The van der Waals surface area contributed by atoms with Gasteiger partial charge < -0.3 is 69.3 Å². The summed E-state index contributed by atoms with van der Waals surface area (Å²) in [6.07, 6.45) is -8.63. The molecule has 0 amide bonds. The van der Waals surface area contributed by atoms with E-state index in [2.05, 4.69) is 6.92 Å². The molecule has 50 heavy (non-hydrogen) atoms. The van der Waals surface area contributed by atoms with Crippen molar-refractivity contribution in [3.63, 3.8) is 0 Å². The quantitative estimate of drug-likeness (QED) is 0.0858. The van der Waals surface area contributed by atoms with Crippen LogP contribution in [0.5, 0.6) is 0 Å². The highest BCUT2D eigenvalue weighted by Crippen LogP contribution is 2.70. The Hall–Kier alpha value is -1.60. The van der Waals surface area contributed by atoms with Gasteiger partial charge in [0.05, 0.1) is 35.4 Å². The topological polar surface area (TPSA) is 242 Å². The van der Waals surface area contributed by atoms with Crippen LogP contribution in [0.4, 0.5) is 0 Å². The van der Waals surface area contributed by atoms with Crippen LogP contribution in [-0.4, -0.2) is 145 Å². The van der Waals surface area contributed by atoms with Crippen molar-refractivity contribution in [2.75, 3.05) is 13.2 Å². The Morgan fingerprint density at radius 3 is 2.24 bits per heavy atom. The number of carbonyl (C=O) groups is 2. The van der Waals surface area contributed by atoms with E-state index in [9.17, 15) is 50.4 Å². The van der Waals surface area contributed by atoms with Crippen molar-refractivity contribution >= 4 is 12.3 Å². The molecule has 3 heterocycles. The van der Waals surface area contributed by atoms with E-state index in [0.29, 0.717) is 38.5 Å². The van der Waals surface area contributed by atoms with Crippen LogP contribution in [0.1, 0.15) is 71.6 Å². The molecule has 7 aliphatic rings. The molecular weight excluding hydrogens is 660 g/mol. The number of cyclic esters (lactones) is 1. The molecule has 7 rings (SSSR count). The Balaban J connectivity index is 1.02. The van der Waals surface area contributed by atoms with Gasteiger partial charge in [-0.15, -0.1) is 0 Å². The fraction of sp³-hybridized carbons (Fsp3) is 0.886. The molecule has 0 aromatic carbocycles. The Kier molecular flexibility index (Phi) is 9.60. The molecule has 4 aliphatic carbocycles. The van der Waals surface area contributed by atoms with Gasteiger partial charge in [-0.25, -0.2) is 4.79 Å². The van der Waals surface area contributed by atoms with Gasteiger partial charge in [0.2, 0.25) is 0 Å². The Morgan fingerprint density at radius 2 is 1.56 bits per heavy atom. The molecule has 2 saturated heterocycles. The van der Waals surface area contributed by atoms with Crippen LogP contribution >= 0.6 is 0 Å². The molecule has 282 valence electrons. The largest absolute Gasteiger partial charge is 0.458 e. The Morgan fingerprint density at radius 1 is 0.860 bits per heavy atom. The summed E-state index contributed by atoms with van der Waals surface area (Å²) in [5.41, 5.74) is -3.20. The van der Waals surface area contributed by atoms with Gasteiger partial charge in [0.25, 0.3) is 0 Å². The van der Waals surface area contributed by atoms with Crippen LogP contribution < -0.4 is 0 Å². The molecular formula is C35H52O15. The lowest BCUT2D eigenvalue weighted by molar-refractivity contribution is -0.361. The average Bonchev–Trinajstić information content (AvgIpc) is 3.64. The summed E-state index contributed by atoms with van der Waals surface area (Å²) in [4.78, 5) is 25.1. The van der Waals surface area contributed by atoms with Gasteiger partial charge in [-0.1, -0.05) is 6.92 Å². The third-order valence-electron chi connectivity index (χ3n) is 14.1. The first-order valence-electron chi connectivity index (χ1n) is 18.0. The molecule has 6 fully saturated rings. The first-order valence-corrected chi connectivity index (χ1v) is 18.0. The van der Waals surface area contributed by atoms with Crippen molar-refractivity contribution in [3.8, 4) is 0 Å². The zero-order valence-corrected chi connectivity index (χ0v) is 28.5. The lowest BCUT2D eigenvalue weighted by Gasteiger charge is -2.65. The normalized spacial score (nSPS) is 55.0. The van der Waals surface area contributed by atoms with Crippen molar-refractivity contribution in [2.45, 2.75) is 150 Å². The van der Waals surface area contributed by atoms with Crippen molar-refractivity contribution in [1.82, 2.24) is 0 Å². The number of ether oxygens (including phenoxy) is 5. The average molecular weight is 713 g/mol. The first-order chi connectivity index (χ1) is 23.6. The highest BCUT2D eigenvalue weighted by molar-refractivity contribution is 5.85. The molecule has 0 aromatic heterocycles. The van der Waals surface area contributed by atoms with Crippen molar-refractivity contribution in [1.29, 1.82) is 0 Å². The van der Waals surface area contributed by atoms with E-state index in [1.807, 2.05) is 0 Å². The molecule has 0 spiro atoms. The Bertz CT molecular complexity index is 1340. The van der Waals surface area contributed by atoms with Gasteiger partial charge in [-0.2, -0.15) is 0 Å². The maximum absolute atomic E-state index is 13.2. The molecule has 15 nitrogen and oxygen atoms in total. The number of rotatable bonds is 7. The SMILES string of the molecule is C[C@H]1O[C@@H](O[C@H]2CC[C@]3(C=O)[C@H]4CC[C@]5(C)[C@@H](C6=CC(=O)OC6)CC[C@]5(O)[C@H]4CC[C@]3(O)C2)[C@H](O)[C@H](O)[C@@H]1O[C@H]1O[C@@H](CO)[C@H](O)[C@@H](O)[C@@H]1O. The standard InChI is InChI=1S/C35H52O15/c1-16-29(50-31-27(42)25(40)24(39)22(13-36)49-31)26(41)28(43)30(47-16)48-18-3-8-33(15-37)20-4-7-32(2)19(17-11-23(38)46-14-17)6-10-35(32,45)21(20)5-9-34(33,44)12-18/h11,15-16,18-22,24-31,36,39-45H,3-10,12-14H2,1-2H3/t16-,18+,19-,20+,21+,22+,24+,25-,26+,27+,28-,29-,30+,31-,32-,33+,34+,35+/m1/s1. The number of aliphatic hydroxyl groups is 8. The van der Waals surface area contributed by atoms with E-state index in [1.54, 1.807) is 13.0 Å². The molecule has 0 radical (unpaired) electrons. The number of aldehydes is 1. The summed E-state index contributed by atoms with van der Waals surface area (Å²) in [5, 5.41) is 87.0. The van der Waals surface area contributed by atoms with E-state index in [-0.39, 0.29) is 43.2 Å². The Labute approximate surface area is 290 Å². The second-order valence-corrected chi connectivity index (χ2v) is 16.2. The third kappa shape index (κ3) is 5.37. The van der Waals surface area contributed by atoms with Crippen LogP contribution in [0.25, 0.3) is 0 Å². The second kappa shape index (κ2) is 13.1. The van der Waals surface area contributed by atoms with Gasteiger partial charge >= 0.3 is 5.97 Å². The number of carbonyl (C=O) groups excluding carboxylic acids is 2. The first kappa shape index (κ1) is 36.7. The van der Waals surface area contributed by atoms with Crippen LogP contribution in [0.2, 0.25) is 0 Å². The molecule has 3 aliphatic heterocycles. The van der Waals surface area contributed by atoms with Crippen LogP contribution in [0.15, 0.2) is 11.6 Å². The van der Waals surface area contributed by atoms with Crippen molar-refractivity contribution < 1.29 is 74.1 Å². The summed E-state index contributed by atoms with van der Waals surface area (Å²) in [7, 11) is 0. The number of hydrogen-bond acceptors (Lipinski definition) is 15. The number of esters is 1. The molecule has 18 atom stereocenters. The molecule has 4 saturated carbocycles. The monoisotopic (exact) mass is 712 g/mol. The zero-order chi connectivity index (χ0) is 36.0. The van der Waals surface area contributed by atoms with E-state index in [1.165, 1.54) is 0 Å². The van der Waals surface area contributed by atoms with Gasteiger partial charge in [0.1, 0.15) is 55.6 Å². The van der Waals surface area contributed by atoms with Crippen LogP contribution in [0.3, 0.4) is 0 Å². The van der Waals surface area contributed by atoms with Crippen molar-refractivity contribution in [2.24, 2.45) is 28.6 Å². The predicted molar refractivity (Wildman–Crippen MR) is 167 cm³/mol. The summed E-state index contributed by atoms with van der Waals surface area (Å²) < 4.78 is 28.4. The van der Waals surface area contributed by atoms with Gasteiger partial charge in [0.15, 0.2) is 12.6 Å². The minimum absolute atomic E-state index is 0.00102. The van der Waals surface area contributed by atoms with Crippen LogP contribution in [0, 0.1) is 28.6 Å². The lowest BCUT2D eigenvalue weighted by atomic mass is 9.41. The highest BCUT2D eigenvalue weighted by atomic mass is 16.7. The molecule has 0 unspecified atom stereocenters. The van der Waals surface area contributed by atoms with Gasteiger partial charge in [-0.05, 0) is 81.6 Å². The molecule has 0 bridgehead atoms. The fourth-order valence-electron chi connectivity index (χ4n) is 11.3. The summed E-state index contributed by atoms with van der Waals surface area (Å²) >= 11 is 0. The minimum atomic E-state index is -1.71. The molecule has 0 aromatic rings. The minimum Gasteiger partial charge on any atom is -0.458 e. The maximum Gasteiger partial charge on any atom is 0.331 e. The van der Waals surface area contributed by atoms with Crippen LogP contribution in [-0.2, 0) is 33.3 Å². The number of hydrogen-bond donors (Lipinski definition) is 8. The van der Waals surface area contributed by atoms with E-state index in [0.717, 1.165) is 18.3 Å². The summed E-state index contributed by atoms with van der Waals surface area (Å²) in [5.74, 6) is -0.830. The van der Waals surface area contributed by atoms with E-state index >= 15 is 0 Å². The third-order valence-corrected chi connectivity index (χ3v) is 14.1. The summed E-state index contributed by atoms with van der Waals surface area (Å²) in [6, 6.07) is 0. The van der Waals surface area contributed by atoms with Gasteiger partial charge in [0, 0.05) is 17.9 Å². The number of aliphatic hydroxyl groups excluding tert-OH is 6. The molecule has 15 heteroatoms. The fourth-order valence-corrected chi connectivity index (χ4v) is 11.3. The second-order valence-electron chi connectivity index (χ2n) is 16.2. The zero-order valence-electron chi connectivity index (χ0n) is 28.5. The van der Waals surface area contributed by atoms with E-state index in [4.69, 9.17) is 23.7 Å². The predicted octanol–water partition coefficient (Wildman–Crippen LogP) is -1.43. The number of fused-ring (bicyclic) bond motifs is 5. The lowest BCUT2D eigenvalue weighted by Crippen LogP contribution is -2.69. The molecule has 8 N–H and O–H groups in total. The highest BCUT2D eigenvalue weighted by Gasteiger charge is 2.71. The van der Waals surface area contributed by atoms with Gasteiger partial charge in [-0.3, -0.25) is 0 Å².